The Hall–Kier alpha value is -1.39. The zero-order chi connectivity index (χ0) is 18.9. The Balaban J connectivity index is 1.63. The van der Waals surface area contributed by atoms with Gasteiger partial charge in [0.25, 0.3) is 0 Å². The van der Waals surface area contributed by atoms with Crippen molar-refractivity contribution >= 4 is 11.6 Å². The van der Waals surface area contributed by atoms with Crippen LogP contribution in [0.2, 0.25) is 0 Å². The summed E-state index contributed by atoms with van der Waals surface area (Å²) >= 11 is 0. The van der Waals surface area contributed by atoms with Crippen LogP contribution in [0.1, 0.15) is 75.8 Å². The molecule has 27 heavy (non-hydrogen) atoms. The van der Waals surface area contributed by atoms with E-state index in [2.05, 4.69) is 23.5 Å². The lowest BCUT2D eigenvalue weighted by Gasteiger charge is -2.33. The molecule has 0 radical (unpaired) electrons. The number of nitrogens with zero attached hydrogens (tertiary/aromatic N) is 1. The molecule has 1 saturated heterocycles. The molecule has 0 bridgehead atoms. The summed E-state index contributed by atoms with van der Waals surface area (Å²) in [7, 11) is 0. The van der Waals surface area contributed by atoms with Crippen molar-refractivity contribution in [2.45, 2.75) is 82.8 Å². The second-order valence-electron chi connectivity index (χ2n) is 8.91. The maximum Gasteiger partial charge on any atom is 0.239 e. The summed E-state index contributed by atoms with van der Waals surface area (Å²) in [5, 5.41) is 13.7. The van der Waals surface area contributed by atoms with Crippen LogP contribution in [0.3, 0.4) is 0 Å². The van der Waals surface area contributed by atoms with Gasteiger partial charge < -0.3 is 10.4 Å². The predicted molar refractivity (Wildman–Crippen MR) is 109 cm³/mol. The van der Waals surface area contributed by atoms with Gasteiger partial charge in [0, 0.05) is 0 Å². The number of hydrogen-bond donors (Lipinski definition) is 2. The molecule has 148 valence electrons. The smallest absolute Gasteiger partial charge is 0.239 e. The van der Waals surface area contributed by atoms with Gasteiger partial charge in [0.2, 0.25) is 5.91 Å². The van der Waals surface area contributed by atoms with Crippen LogP contribution in [0.15, 0.2) is 18.2 Å². The molecule has 0 aromatic heterocycles. The number of nitrogens with one attached hydrogen (secondary N) is 1. The number of anilines is 1. The van der Waals surface area contributed by atoms with E-state index in [0.717, 1.165) is 44.0 Å². The number of carbonyl (C=O) groups excluding carboxylic acids is 1. The second-order valence-corrected chi connectivity index (χ2v) is 8.91. The van der Waals surface area contributed by atoms with Crippen molar-refractivity contribution < 1.29 is 9.90 Å². The molecule has 1 aromatic rings. The SMILES string of the molecule is CC(O)N1C(=O)C2(CCNCC2)c2cc(CC3CCCCCCC3)ccc21. The van der Waals surface area contributed by atoms with Crippen LogP contribution in [-0.2, 0) is 16.6 Å². The first-order chi connectivity index (χ1) is 13.1. The number of hydrogen-bond acceptors (Lipinski definition) is 3. The maximum absolute atomic E-state index is 13.3. The van der Waals surface area contributed by atoms with E-state index in [1.165, 1.54) is 56.1 Å². The average Bonchev–Trinajstić information content (AvgIpc) is 2.86. The fraction of sp³-hybridized carbons (Fsp3) is 0.696. The highest BCUT2D eigenvalue weighted by Gasteiger charge is 2.52. The summed E-state index contributed by atoms with van der Waals surface area (Å²) in [6.45, 7) is 3.43. The van der Waals surface area contributed by atoms with E-state index in [1.54, 1.807) is 11.8 Å². The Morgan fingerprint density at radius 3 is 2.48 bits per heavy atom. The number of piperidine rings is 1. The minimum atomic E-state index is -0.776. The van der Waals surface area contributed by atoms with Gasteiger partial charge in [-0.1, -0.05) is 57.1 Å². The number of benzene rings is 1. The largest absolute Gasteiger partial charge is 0.373 e. The predicted octanol–water partition coefficient (Wildman–Crippen LogP) is 3.90. The molecule has 2 aliphatic heterocycles. The topological polar surface area (TPSA) is 52.6 Å². The van der Waals surface area contributed by atoms with Gasteiger partial charge in [0.05, 0.1) is 11.1 Å². The molecule has 1 aliphatic carbocycles. The lowest BCUT2D eigenvalue weighted by atomic mass is 9.73. The third kappa shape index (κ3) is 3.54. The van der Waals surface area contributed by atoms with Gasteiger partial charge in [-0.25, -0.2) is 0 Å². The first-order valence-electron chi connectivity index (χ1n) is 11.0. The maximum atomic E-state index is 13.3. The molecule has 1 aromatic carbocycles. The number of rotatable bonds is 3. The Bertz CT molecular complexity index is 671. The van der Waals surface area contributed by atoms with Gasteiger partial charge in [-0.3, -0.25) is 9.69 Å². The van der Waals surface area contributed by atoms with E-state index in [-0.39, 0.29) is 5.91 Å². The van der Waals surface area contributed by atoms with Crippen LogP contribution in [0, 0.1) is 5.92 Å². The second kappa shape index (κ2) is 7.92. The molecule has 4 heteroatoms. The molecule has 4 nitrogen and oxygen atoms in total. The van der Waals surface area contributed by atoms with Crippen LogP contribution in [0.25, 0.3) is 0 Å². The van der Waals surface area contributed by atoms with Crippen molar-refractivity contribution in [3.05, 3.63) is 29.3 Å². The summed E-state index contributed by atoms with van der Waals surface area (Å²) in [4.78, 5) is 14.9. The molecule has 1 unspecified atom stereocenters. The van der Waals surface area contributed by atoms with Crippen molar-refractivity contribution in [1.29, 1.82) is 0 Å². The highest BCUT2D eigenvalue weighted by molar-refractivity contribution is 6.08. The minimum Gasteiger partial charge on any atom is -0.373 e. The Labute approximate surface area is 163 Å². The summed E-state index contributed by atoms with van der Waals surface area (Å²) in [5.74, 6) is 0.870. The first kappa shape index (κ1) is 18.9. The standard InChI is InChI=1S/C23H34N2O2/c1-17(26)25-21-10-9-19(15-18-7-5-3-2-4-6-8-18)16-20(21)23(22(25)27)11-13-24-14-12-23/h9-10,16-18,24,26H,2-8,11-15H2,1H3. The van der Waals surface area contributed by atoms with Gasteiger partial charge >= 0.3 is 0 Å². The van der Waals surface area contributed by atoms with Gasteiger partial charge in [0.1, 0.15) is 6.23 Å². The molecule has 4 rings (SSSR count). The van der Waals surface area contributed by atoms with Crippen molar-refractivity contribution in [3.8, 4) is 0 Å². The van der Waals surface area contributed by atoms with E-state index >= 15 is 0 Å². The molecular weight excluding hydrogens is 336 g/mol. The zero-order valence-corrected chi connectivity index (χ0v) is 16.7. The normalized spacial score (nSPS) is 24.5. The fourth-order valence-electron chi connectivity index (χ4n) is 5.54. The Morgan fingerprint density at radius 1 is 1.15 bits per heavy atom. The third-order valence-electron chi connectivity index (χ3n) is 7.04. The Kier molecular flexibility index (Phi) is 5.56. The molecule has 1 saturated carbocycles. The third-order valence-corrected chi connectivity index (χ3v) is 7.04. The summed E-state index contributed by atoms with van der Waals surface area (Å²) in [6.07, 6.45) is 11.6. The minimum absolute atomic E-state index is 0.0945. The number of carbonyl (C=O) groups is 1. The highest BCUT2D eigenvalue weighted by atomic mass is 16.3. The van der Waals surface area contributed by atoms with Crippen LogP contribution in [0.5, 0.6) is 0 Å². The summed E-state index contributed by atoms with van der Waals surface area (Å²) in [5.41, 5.74) is 3.03. The number of fused-ring (bicyclic) bond motifs is 2. The van der Waals surface area contributed by atoms with Crippen LogP contribution >= 0.6 is 0 Å². The van der Waals surface area contributed by atoms with E-state index in [4.69, 9.17) is 0 Å². The van der Waals surface area contributed by atoms with Crippen LogP contribution in [0.4, 0.5) is 5.69 Å². The van der Waals surface area contributed by atoms with Crippen LogP contribution < -0.4 is 10.2 Å². The first-order valence-corrected chi connectivity index (χ1v) is 11.0. The molecular formula is C23H34N2O2. The molecule has 2 heterocycles. The molecule has 2 fully saturated rings. The van der Waals surface area contributed by atoms with E-state index in [0.29, 0.717) is 0 Å². The zero-order valence-electron chi connectivity index (χ0n) is 16.7. The average molecular weight is 371 g/mol. The van der Waals surface area contributed by atoms with Gasteiger partial charge in [-0.05, 0) is 62.4 Å². The van der Waals surface area contributed by atoms with E-state index in [9.17, 15) is 9.90 Å². The van der Waals surface area contributed by atoms with E-state index in [1.807, 2.05) is 0 Å². The van der Waals surface area contributed by atoms with Crippen LogP contribution in [-0.4, -0.2) is 30.3 Å². The Morgan fingerprint density at radius 2 is 1.81 bits per heavy atom. The number of aliphatic hydroxyl groups is 1. The monoisotopic (exact) mass is 370 g/mol. The number of aliphatic hydroxyl groups excluding tert-OH is 1. The number of amides is 1. The molecule has 2 N–H and O–H groups in total. The lowest BCUT2D eigenvalue weighted by molar-refractivity contribution is -0.125. The quantitative estimate of drug-likeness (QED) is 0.848. The van der Waals surface area contributed by atoms with Crippen molar-refractivity contribution in [1.82, 2.24) is 5.32 Å². The molecule has 1 amide bonds. The lowest BCUT2D eigenvalue weighted by Crippen LogP contribution is -2.49. The fourth-order valence-corrected chi connectivity index (χ4v) is 5.54. The van der Waals surface area contributed by atoms with Gasteiger partial charge in [-0.15, -0.1) is 0 Å². The summed E-state index contributed by atoms with van der Waals surface area (Å²) < 4.78 is 0. The van der Waals surface area contributed by atoms with Crippen molar-refractivity contribution in [2.24, 2.45) is 5.92 Å². The molecule has 3 aliphatic rings. The van der Waals surface area contributed by atoms with E-state index < -0.39 is 11.6 Å². The van der Waals surface area contributed by atoms with Crippen molar-refractivity contribution in [3.63, 3.8) is 0 Å². The van der Waals surface area contributed by atoms with Gasteiger partial charge in [0.15, 0.2) is 0 Å². The highest BCUT2D eigenvalue weighted by Crippen LogP contribution is 2.48. The van der Waals surface area contributed by atoms with Crippen molar-refractivity contribution in [2.75, 3.05) is 18.0 Å². The molecule has 1 atom stereocenters. The van der Waals surface area contributed by atoms with Gasteiger partial charge in [-0.2, -0.15) is 0 Å². The summed E-state index contributed by atoms with van der Waals surface area (Å²) in [6, 6.07) is 6.59. The molecule has 1 spiro atoms.